The molecule has 0 amide bonds. The highest BCUT2D eigenvalue weighted by Crippen LogP contribution is 2.48. The summed E-state index contributed by atoms with van der Waals surface area (Å²) >= 11 is 0. The zero-order valence-electron chi connectivity index (χ0n) is 27.3. The maximum Gasteiger partial charge on any atom is 0.0138 e. The highest BCUT2D eigenvalue weighted by molar-refractivity contribution is 6.17. The van der Waals surface area contributed by atoms with Crippen LogP contribution in [0, 0.1) is 11.8 Å². The molecule has 0 bridgehead atoms. The molecule has 48 heavy (non-hydrogen) atoms. The molecule has 0 N–H and O–H groups in total. The lowest BCUT2D eigenvalue weighted by atomic mass is 9.67. The first-order chi connectivity index (χ1) is 23.8. The normalized spacial score (nSPS) is 21.1. The Morgan fingerprint density at radius 2 is 1.06 bits per heavy atom. The van der Waals surface area contributed by atoms with Crippen molar-refractivity contribution in [1.29, 1.82) is 0 Å². The average molecular weight is 615 g/mol. The molecule has 10 rings (SSSR count). The fourth-order valence-electron chi connectivity index (χ4n) is 9.46. The lowest BCUT2D eigenvalue weighted by Gasteiger charge is -2.36. The monoisotopic (exact) mass is 614 g/mol. The van der Waals surface area contributed by atoms with Gasteiger partial charge >= 0.3 is 0 Å². The van der Waals surface area contributed by atoms with Gasteiger partial charge < -0.3 is 0 Å². The minimum Gasteiger partial charge on any atom is -0.0839 e. The van der Waals surface area contributed by atoms with E-state index in [1.54, 1.807) is 16.7 Å². The van der Waals surface area contributed by atoms with E-state index in [0.717, 1.165) is 38.5 Å². The molecule has 5 aliphatic rings. The second-order valence-corrected chi connectivity index (χ2v) is 14.1. The molecule has 5 aliphatic carbocycles. The zero-order valence-corrected chi connectivity index (χ0v) is 27.3. The predicted molar refractivity (Wildman–Crippen MR) is 204 cm³/mol. The number of rotatable bonds is 3. The Kier molecular flexibility index (Phi) is 6.51. The third-order valence-electron chi connectivity index (χ3n) is 11.5. The fourth-order valence-corrected chi connectivity index (χ4v) is 9.46. The van der Waals surface area contributed by atoms with Crippen LogP contribution < -0.4 is 10.4 Å². The van der Waals surface area contributed by atoms with Gasteiger partial charge in [0.25, 0.3) is 0 Å². The van der Waals surface area contributed by atoms with Crippen molar-refractivity contribution in [3.05, 3.63) is 189 Å². The first kappa shape index (κ1) is 27.9. The lowest BCUT2D eigenvalue weighted by molar-refractivity contribution is 0.678. The van der Waals surface area contributed by atoms with Gasteiger partial charge in [0, 0.05) is 11.8 Å². The topological polar surface area (TPSA) is 0 Å². The van der Waals surface area contributed by atoms with E-state index in [-0.39, 0.29) is 5.92 Å². The maximum absolute atomic E-state index is 2.57. The number of allylic oxidation sites excluding steroid dienone is 11. The third-order valence-corrected chi connectivity index (χ3v) is 11.5. The van der Waals surface area contributed by atoms with Crippen LogP contribution in [0.2, 0.25) is 0 Å². The molecular formula is C48H38. The van der Waals surface area contributed by atoms with Crippen LogP contribution in [0.25, 0.3) is 44.3 Å². The summed E-state index contributed by atoms with van der Waals surface area (Å²) in [4.78, 5) is 0. The van der Waals surface area contributed by atoms with Gasteiger partial charge in [-0.15, -0.1) is 0 Å². The Morgan fingerprint density at radius 1 is 0.458 bits per heavy atom. The summed E-state index contributed by atoms with van der Waals surface area (Å²) in [6, 6.07) is 36.7. The molecule has 230 valence electrons. The number of benzene rings is 5. The number of hydrogen-bond donors (Lipinski definition) is 0. The molecule has 0 aliphatic heterocycles. The van der Waals surface area contributed by atoms with Crippen molar-refractivity contribution in [2.45, 2.75) is 38.5 Å². The average Bonchev–Trinajstić information content (AvgIpc) is 3.16. The van der Waals surface area contributed by atoms with Crippen LogP contribution in [0.3, 0.4) is 0 Å². The molecule has 0 heterocycles. The Labute approximate surface area is 282 Å². The van der Waals surface area contributed by atoms with Crippen LogP contribution >= 0.6 is 0 Å². The molecular weight excluding hydrogens is 577 g/mol. The molecule has 0 saturated carbocycles. The maximum atomic E-state index is 2.57. The molecule has 0 fully saturated rings. The Hall–Kier alpha value is -5.20. The van der Waals surface area contributed by atoms with Gasteiger partial charge in [0.2, 0.25) is 0 Å². The molecule has 0 spiro atoms. The summed E-state index contributed by atoms with van der Waals surface area (Å²) in [5.74, 6) is 0.572. The van der Waals surface area contributed by atoms with Crippen LogP contribution in [0.1, 0.15) is 54.4 Å². The van der Waals surface area contributed by atoms with E-state index < -0.39 is 0 Å². The van der Waals surface area contributed by atoms with E-state index in [2.05, 4.69) is 146 Å². The molecule has 2 unspecified atom stereocenters. The first-order valence-electron chi connectivity index (χ1n) is 17.8. The van der Waals surface area contributed by atoms with Crippen molar-refractivity contribution < 1.29 is 0 Å². The lowest BCUT2D eigenvalue weighted by Crippen LogP contribution is -2.40. The molecule has 0 aromatic heterocycles. The summed E-state index contributed by atoms with van der Waals surface area (Å²) in [7, 11) is 0. The Bertz CT molecular complexity index is 2450. The van der Waals surface area contributed by atoms with E-state index >= 15 is 0 Å². The van der Waals surface area contributed by atoms with Gasteiger partial charge in [-0.2, -0.15) is 0 Å². The number of hydrogen-bond acceptors (Lipinski definition) is 0. The van der Waals surface area contributed by atoms with Gasteiger partial charge in [-0.1, -0.05) is 146 Å². The Morgan fingerprint density at radius 3 is 1.81 bits per heavy atom. The molecule has 2 atom stereocenters. The van der Waals surface area contributed by atoms with Gasteiger partial charge in [0.15, 0.2) is 0 Å². The molecule has 0 heteroatoms. The van der Waals surface area contributed by atoms with E-state index in [4.69, 9.17) is 0 Å². The van der Waals surface area contributed by atoms with Crippen LogP contribution in [0.5, 0.6) is 0 Å². The van der Waals surface area contributed by atoms with E-state index in [1.807, 2.05) is 0 Å². The van der Waals surface area contributed by atoms with E-state index in [1.165, 1.54) is 71.0 Å². The van der Waals surface area contributed by atoms with Gasteiger partial charge in [-0.25, -0.2) is 0 Å². The molecule has 0 nitrogen and oxygen atoms in total. The van der Waals surface area contributed by atoms with Crippen LogP contribution in [0.4, 0.5) is 0 Å². The third kappa shape index (κ3) is 4.29. The second-order valence-electron chi connectivity index (χ2n) is 14.1. The largest absolute Gasteiger partial charge is 0.0839 e. The highest BCUT2D eigenvalue weighted by atomic mass is 14.4. The second kappa shape index (κ2) is 11.2. The van der Waals surface area contributed by atoms with Gasteiger partial charge in [-0.3, -0.25) is 0 Å². The van der Waals surface area contributed by atoms with Crippen molar-refractivity contribution in [3.63, 3.8) is 0 Å². The minimum atomic E-state index is 0.265. The van der Waals surface area contributed by atoms with E-state index in [9.17, 15) is 0 Å². The van der Waals surface area contributed by atoms with Crippen molar-refractivity contribution in [3.8, 4) is 0 Å². The Balaban J connectivity index is 1.31. The zero-order chi connectivity index (χ0) is 31.6. The first-order valence-corrected chi connectivity index (χ1v) is 17.8. The van der Waals surface area contributed by atoms with Crippen molar-refractivity contribution in [2.75, 3.05) is 0 Å². The minimum absolute atomic E-state index is 0.265. The van der Waals surface area contributed by atoms with Crippen LogP contribution in [-0.4, -0.2) is 0 Å². The summed E-state index contributed by atoms with van der Waals surface area (Å²) in [5.41, 5.74) is 14.7. The smallest absolute Gasteiger partial charge is 0.0138 e. The van der Waals surface area contributed by atoms with Crippen molar-refractivity contribution in [1.82, 2.24) is 0 Å². The SMILES string of the molecule is C1=CC2C(C3=CC4=C(C=CCC4)CC3)=c3ccccc3=C(c3c4ccccc4c(C4=Cc5ccccc5CC4)c4ccccc34)C2C=C1. The molecule has 0 saturated heterocycles. The highest BCUT2D eigenvalue weighted by Gasteiger charge is 2.35. The standard InChI is InChI=1S/C48H38/c1-3-15-33-29-35(27-25-31(33)13-1)45-37-17-5-9-21-41(37)47(42-22-10-6-18-38(42)45)48-43-23-11-7-19-39(43)46(40-20-8-12-24-44(40)48)36-28-26-32-14-2-4-16-34(32)30-36/h1-3,5-15,17-24,29-30,39,43H,4,16,25-28H2. The number of fused-ring (bicyclic) bond motifs is 5. The van der Waals surface area contributed by atoms with Crippen molar-refractivity contribution in [2.24, 2.45) is 11.8 Å². The van der Waals surface area contributed by atoms with Crippen LogP contribution in [0.15, 0.2) is 156 Å². The van der Waals surface area contributed by atoms with Gasteiger partial charge in [0.05, 0.1) is 0 Å². The summed E-state index contributed by atoms with van der Waals surface area (Å²) < 4.78 is 0. The van der Waals surface area contributed by atoms with Gasteiger partial charge in [-0.05, 0) is 126 Å². The summed E-state index contributed by atoms with van der Waals surface area (Å²) in [6.45, 7) is 0. The molecule has 0 radical (unpaired) electrons. The fraction of sp³-hybridized carbons (Fsp3) is 0.167. The van der Waals surface area contributed by atoms with Crippen LogP contribution in [-0.2, 0) is 6.42 Å². The van der Waals surface area contributed by atoms with Crippen molar-refractivity contribution >= 4 is 44.3 Å². The van der Waals surface area contributed by atoms with E-state index in [0.29, 0.717) is 5.92 Å². The van der Waals surface area contributed by atoms with Gasteiger partial charge in [0.1, 0.15) is 0 Å². The molecule has 5 aromatic rings. The quantitative estimate of drug-likeness (QED) is 0.177. The summed E-state index contributed by atoms with van der Waals surface area (Å²) in [5, 5.41) is 8.26. The predicted octanol–water partition coefficient (Wildman–Crippen LogP) is 10.6. The number of aryl methyl sites for hydroxylation is 1. The summed E-state index contributed by atoms with van der Waals surface area (Å²) in [6.07, 6.45) is 26.0. The molecule has 5 aromatic carbocycles.